The van der Waals surface area contributed by atoms with Gasteiger partial charge in [0.15, 0.2) is 0 Å². The first-order chi connectivity index (χ1) is 10.0. The first-order valence-corrected chi connectivity index (χ1v) is 6.39. The summed E-state index contributed by atoms with van der Waals surface area (Å²) in [4.78, 5) is 4.27. The molecule has 3 rings (SSSR count). The Kier molecular flexibility index (Phi) is 3.26. The molecule has 0 aliphatic heterocycles. The van der Waals surface area contributed by atoms with E-state index in [2.05, 4.69) is 15.2 Å². The molecule has 0 amide bonds. The first kappa shape index (κ1) is 13.4. The highest BCUT2D eigenvalue weighted by Gasteiger charge is 2.19. The van der Waals surface area contributed by atoms with Crippen molar-refractivity contribution in [3.63, 3.8) is 0 Å². The number of nitrogens with two attached hydrogens (primary N) is 1. The standard InChI is InChI=1S/C14H14FN5O/c1-8-5-9(3-4-11(8)15)13-18-14(21-19-13)12(16)10-6-17-20(2)7-10/h3-7,12H,16H2,1-2H3. The summed E-state index contributed by atoms with van der Waals surface area (Å²) in [6.45, 7) is 1.68. The Bertz CT molecular complexity index is 779. The molecular weight excluding hydrogens is 273 g/mol. The average molecular weight is 287 g/mol. The van der Waals surface area contributed by atoms with Crippen LogP contribution in [0.1, 0.15) is 23.1 Å². The number of benzene rings is 1. The fraction of sp³-hybridized carbons (Fsp3) is 0.214. The number of hydrogen-bond donors (Lipinski definition) is 1. The first-order valence-electron chi connectivity index (χ1n) is 6.39. The second-order valence-corrected chi connectivity index (χ2v) is 4.85. The van der Waals surface area contributed by atoms with Crippen molar-refractivity contribution >= 4 is 0 Å². The maximum Gasteiger partial charge on any atom is 0.248 e. The minimum absolute atomic E-state index is 0.269. The minimum Gasteiger partial charge on any atom is -0.337 e. The third-order valence-electron chi connectivity index (χ3n) is 3.21. The van der Waals surface area contributed by atoms with Gasteiger partial charge >= 0.3 is 0 Å². The normalized spacial score (nSPS) is 12.6. The number of hydrogen-bond acceptors (Lipinski definition) is 5. The zero-order valence-electron chi connectivity index (χ0n) is 11.6. The van der Waals surface area contributed by atoms with E-state index >= 15 is 0 Å². The molecule has 2 N–H and O–H groups in total. The maximum atomic E-state index is 13.3. The number of aryl methyl sites for hydroxylation is 2. The molecule has 0 saturated carbocycles. The fourth-order valence-electron chi connectivity index (χ4n) is 2.01. The van der Waals surface area contributed by atoms with Crippen LogP contribution in [0.2, 0.25) is 0 Å². The van der Waals surface area contributed by atoms with Gasteiger partial charge in [0.25, 0.3) is 0 Å². The van der Waals surface area contributed by atoms with Crippen molar-refractivity contribution in [2.45, 2.75) is 13.0 Å². The summed E-state index contributed by atoms with van der Waals surface area (Å²) >= 11 is 0. The van der Waals surface area contributed by atoms with Crippen LogP contribution in [0, 0.1) is 12.7 Å². The highest BCUT2D eigenvalue weighted by Crippen LogP contribution is 2.22. The molecule has 0 radical (unpaired) electrons. The molecule has 1 aromatic carbocycles. The van der Waals surface area contributed by atoms with E-state index in [0.29, 0.717) is 22.8 Å². The van der Waals surface area contributed by atoms with Crippen LogP contribution in [-0.4, -0.2) is 19.9 Å². The largest absolute Gasteiger partial charge is 0.337 e. The Balaban J connectivity index is 1.90. The molecular formula is C14H14FN5O. The maximum absolute atomic E-state index is 13.3. The summed E-state index contributed by atoms with van der Waals surface area (Å²) in [6, 6.07) is 4.11. The predicted molar refractivity (Wildman–Crippen MR) is 73.7 cm³/mol. The zero-order chi connectivity index (χ0) is 15.0. The Morgan fingerprint density at radius 1 is 1.38 bits per heavy atom. The van der Waals surface area contributed by atoms with Gasteiger partial charge in [0, 0.05) is 24.4 Å². The molecule has 0 aliphatic rings. The van der Waals surface area contributed by atoms with Crippen LogP contribution >= 0.6 is 0 Å². The van der Waals surface area contributed by atoms with Crippen LogP contribution in [0.25, 0.3) is 11.4 Å². The highest BCUT2D eigenvalue weighted by molar-refractivity contribution is 5.55. The van der Waals surface area contributed by atoms with E-state index in [4.69, 9.17) is 10.3 Å². The van der Waals surface area contributed by atoms with Gasteiger partial charge in [-0.2, -0.15) is 10.1 Å². The second kappa shape index (κ2) is 5.10. The highest BCUT2D eigenvalue weighted by atomic mass is 19.1. The van der Waals surface area contributed by atoms with Crippen molar-refractivity contribution in [3.8, 4) is 11.4 Å². The van der Waals surface area contributed by atoms with E-state index < -0.39 is 6.04 Å². The minimum atomic E-state index is -0.540. The molecule has 0 spiro atoms. The van der Waals surface area contributed by atoms with E-state index in [1.807, 2.05) is 0 Å². The number of nitrogens with zero attached hydrogens (tertiary/aromatic N) is 4. The van der Waals surface area contributed by atoms with Crippen molar-refractivity contribution in [1.29, 1.82) is 0 Å². The zero-order valence-corrected chi connectivity index (χ0v) is 11.6. The lowest BCUT2D eigenvalue weighted by molar-refractivity contribution is 0.367. The average Bonchev–Trinajstić information content (AvgIpc) is 3.10. The van der Waals surface area contributed by atoms with Crippen LogP contribution in [0.3, 0.4) is 0 Å². The molecule has 0 fully saturated rings. The summed E-state index contributed by atoms with van der Waals surface area (Å²) < 4.78 is 20.1. The summed E-state index contributed by atoms with van der Waals surface area (Å²) in [5.41, 5.74) is 8.05. The lowest BCUT2D eigenvalue weighted by Gasteiger charge is -2.01. The lowest BCUT2D eigenvalue weighted by atomic mass is 10.1. The van der Waals surface area contributed by atoms with Crippen molar-refractivity contribution in [2.75, 3.05) is 0 Å². The number of halogens is 1. The molecule has 6 nitrogen and oxygen atoms in total. The van der Waals surface area contributed by atoms with Crippen molar-refractivity contribution in [1.82, 2.24) is 19.9 Å². The van der Waals surface area contributed by atoms with Gasteiger partial charge in [-0.3, -0.25) is 4.68 Å². The van der Waals surface area contributed by atoms with Gasteiger partial charge < -0.3 is 10.3 Å². The van der Waals surface area contributed by atoms with Crippen molar-refractivity contribution in [2.24, 2.45) is 12.8 Å². The molecule has 2 aromatic heterocycles. The van der Waals surface area contributed by atoms with E-state index in [0.717, 1.165) is 5.56 Å². The van der Waals surface area contributed by atoms with Crippen LogP contribution in [0.5, 0.6) is 0 Å². The molecule has 0 aliphatic carbocycles. The van der Waals surface area contributed by atoms with Crippen LogP contribution in [-0.2, 0) is 7.05 Å². The van der Waals surface area contributed by atoms with Crippen LogP contribution in [0.4, 0.5) is 4.39 Å². The van der Waals surface area contributed by atoms with Gasteiger partial charge in [-0.25, -0.2) is 4.39 Å². The van der Waals surface area contributed by atoms with E-state index in [9.17, 15) is 4.39 Å². The quantitative estimate of drug-likeness (QED) is 0.796. The molecule has 0 saturated heterocycles. The van der Waals surface area contributed by atoms with Gasteiger partial charge in [-0.15, -0.1) is 0 Å². The Morgan fingerprint density at radius 3 is 2.86 bits per heavy atom. The summed E-state index contributed by atoms with van der Waals surface area (Å²) in [7, 11) is 1.80. The molecule has 1 unspecified atom stereocenters. The summed E-state index contributed by atoms with van der Waals surface area (Å²) in [5.74, 6) is 0.405. The summed E-state index contributed by atoms with van der Waals surface area (Å²) in [5, 5.41) is 7.95. The Morgan fingerprint density at radius 2 is 2.19 bits per heavy atom. The van der Waals surface area contributed by atoms with Crippen LogP contribution < -0.4 is 5.73 Å². The van der Waals surface area contributed by atoms with E-state index in [1.165, 1.54) is 6.07 Å². The topological polar surface area (TPSA) is 82.8 Å². The van der Waals surface area contributed by atoms with Gasteiger partial charge in [-0.05, 0) is 30.7 Å². The monoisotopic (exact) mass is 287 g/mol. The Labute approximate surface area is 120 Å². The molecule has 2 heterocycles. The van der Waals surface area contributed by atoms with Crippen molar-refractivity contribution < 1.29 is 8.91 Å². The van der Waals surface area contributed by atoms with Crippen molar-refractivity contribution in [3.05, 3.63) is 53.4 Å². The van der Waals surface area contributed by atoms with Gasteiger partial charge in [-0.1, -0.05) is 5.16 Å². The fourth-order valence-corrected chi connectivity index (χ4v) is 2.01. The number of rotatable bonds is 3. The Hall–Kier alpha value is -2.54. The number of aromatic nitrogens is 4. The third-order valence-corrected chi connectivity index (χ3v) is 3.21. The van der Waals surface area contributed by atoms with E-state index in [1.54, 1.807) is 43.2 Å². The molecule has 21 heavy (non-hydrogen) atoms. The third kappa shape index (κ3) is 2.55. The lowest BCUT2D eigenvalue weighted by Crippen LogP contribution is -2.11. The molecule has 3 aromatic rings. The molecule has 7 heteroatoms. The second-order valence-electron chi connectivity index (χ2n) is 4.85. The van der Waals surface area contributed by atoms with Gasteiger partial charge in [0.2, 0.25) is 11.7 Å². The molecule has 0 bridgehead atoms. The van der Waals surface area contributed by atoms with E-state index in [-0.39, 0.29) is 5.82 Å². The SMILES string of the molecule is Cc1cc(-c2noc(C(N)c3cnn(C)c3)n2)ccc1F. The smallest absolute Gasteiger partial charge is 0.248 e. The molecule has 1 atom stereocenters. The molecule has 108 valence electrons. The summed E-state index contributed by atoms with van der Waals surface area (Å²) in [6.07, 6.45) is 3.44. The van der Waals surface area contributed by atoms with Gasteiger partial charge in [0.05, 0.1) is 6.20 Å². The predicted octanol–water partition coefficient (Wildman–Crippen LogP) is 1.97. The van der Waals surface area contributed by atoms with Gasteiger partial charge in [0.1, 0.15) is 11.9 Å². The van der Waals surface area contributed by atoms with Crippen LogP contribution in [0.15, 0.2) is 35.1 Å².